The predicted octanol–water partition coefficient (Wildman–Crippen LogP) is 5.10. The number of rotatable bonds is 4. The molecule has 0 N–H and O–H groups in total. The summed E-state index contributed by atoms with van der Waals surface area (Å²) in [5, 5.41) is 5.06. The lowest BCUT2D eigenvalue weighted by Gasteiger charge is -2.11. The van der Waals surface area contributed by atoms with Crippen LogP contribution >= 0.6 is 0 Å². The molecule has 6 nitrogen and oxygen atoms in total. The minimum atomic E-state index is -3.96. The second-order valence-electron chi connectivity index (χ2n) is 7.91. The normalized spacial score (nSPS) is 11.7. The van der Waals surface area contributed by atoms with E-state index in [2.05, 4.69) is 5.10 Å². The van der Waals surface area contributed by atoms with Crippen LogP contribution in [-0.4, -0.2) is 18.2 Å². The lowest BCUT2D eigenvalue weighted by Crippen LogP contribution is -2.11. The number of aromatic nitrogens is 2. The van der Waals surface area contributed by atoms with E-state index in [9.17, 15) is 13.2 Å². The molecule has 0 spiro atoms. The van der Waals surface area contributed by atoms with Gasteiger partial charge in [0.05, 0.1) is 22.3 Å². The molecule has 2 heterocycles. The second-order valence-corrected chi connectivity index (χ2v) is 9.82. The van der Waals surface area contributed by atoms with Crippen LogP contribution in [0, 0.1) is 13.8 Å². The number of aryl methyl sites for hydroxylation is 2. The number of benzene rings is 3. The SMILES string of the molecule is Cc1ccc(-n2ncc(S(=O)(=O)c3ccc(C)cc3)c2-c2cc3ccccc3oc2=O)cc1. The van der Waals surface area contributed by atoms with Crippen molar-refractivity contribution in [3.63, 3.8) is 0 Å². The van der Waals surface area contributed by atoms with Crippen molar-refractivity contribution in [2.75, 3.05) is 0 Å². The number of para-hydroxylation sites is 1. The first-order valence-corrected chi connectivity index (χ1v) is 11.8. The molecule has 2 aromatic heterocycles. The summed E-state index contributed by atoms with van der Waals surface area (Å²) in [6.45, 7) is 3.84. The summed E-state index contributed by atoms with van der Waals surface area (Å²) in [6.07, 6.45) is 1.29. The van der Waals surface area contributed by atoms with Crippen LogP contribution in [-0.2, 0) is 9.84 Å². The highest BCUT2D eigenvalue weighted by Crippen LogP contribution is 2.33. The fourth-order valence-electron chi connectivity index (χ4n) is 3.73. The average Bonchev–Trinajstić information content (AvgIpc) is 3.25. The van der Waals surface area contributed by atoms with E-state index in [0.717, 1.165) is 11.1 Å². The van der Waals surface area contributed by atoms with Crippen molar-refractivity contribution in [2.45, 2.75) is 23.6 Å². The highest BCUT2D eigenvalue weighted by Gasteiger charge is 2.29. The van der Waals surface area contributed by atoms with E-state index in [1.165, 1.54) is 10.9 Å². The third-order valence-electron chi connectivity index (χ3n) is 5.53. The minimum Gasteiger partial charge on any atom is -0.422 e. The topological polar surface area (TPSA) is 82.2 Å². The number of fused-ring (bicyclic) bond motifs is 1. The first-order valence-electron chi connectivity index (χ1n) is 10.3. The standard InChI is InChI=1S/C26H20N2O4S/c1-17-7-11-20(12-8-17)28-25(22-15-19-5-3-4-6-23(19)32-26(22)29)24(16-27-28)33(30,31)21-13-9-18(2)10-14-21/h3-16H,1-2H3. The van der Waals surface area contributed by atoms with Gasteiger partial charge >= 0.3 is 5.63 Å². The van der Waals surface area contributed by atoms with Gasteiger partial charge < -0.3 is 4.42 Å². The molecule has 5 rings (SSSR count). The molecule has 164 valence electrons. The Bertz CT molecular complexity index is 1650. The lowest BCUT2D eigenvalue weighted by atomic mass is 10.1. The molecule has 5 aromatic rings. The summed E-state index contributed by atoms with van der Waals surface area (Å²) in [7, 11) is -3.96. The van der Waals surface area contributed by atoms with Crippen LogP contribution in [0.15, 0.2) is 104 Å². The molecule has 0 aliphatic rings. The van der Waals surface area contributed by atoms with E-state index in [0.29, 0.717) is 16.7 Å². The van der Waals surface area contributed by atoms with E-state index in [1.807, 2.05) is 50.2 Å². The Kier molecular flexibility index (Phi) is 4.98. The zero-order valence-corrected chi connectivity index (χ0v) is 18.8. The molecular weight excluding hydrogens is 436 g/mol. The molecule has 3 aromatic carbocycles. The van der Waals surface area contributed by atoms with Crippen molar-refractivity contribution in [3.05, 3.63) is 107 Å². The van der Waals surface area contributed by atoms with Gasteiger partial charge in [0.25, 0.3) is 0 Å². The van der Waals surface area contributed by atoms with E-state index in [-0.39, 0.29) is 21.0 Å². The van der Waals surface area contributed by atoms with E-state index in [1.54, 1.807) is 42.5 Å². The maximum atomic E-state index is 13.6. The molecule has 0 aliphatic carbocycles. The largest absolute Gasteiger partial charge is 0.422 e. The summed E-state index contributed by atoms with van der Waals surface area (Å²) < 4.78 is 34.3. The first kappa shape index (κ1) is 20.9. The maximum absolute atomic E-state index is 13.6. The van der Waals surface area contributed by atoms with Crippen molar-refractivity contribution in [2.24, 2.45) is 0 Å². The molecule has 0 unspecified atom stereocenters. The summed E-state index contributed by atoms with van der Waals surface area (Å²) in [5.74, 6) is 0. The number of hydrogen-bond donors (Lipinski definition) is 0. The first-order chi connectivity index (χ1) is 15.8. The van der Waals surface area contributed by atoms with Crippen molar-refractivity contribution >= 4 is 20.8 Å². The molecule has 0 saturated carbocycles. The highest BCUT2D eigenvalue weighted by atomic mass is 32.2. The molecule has 0 radical (unpaired) electrons. The lowest BCUT2D eigenvalue weighted by molar-refractivity contribution is 0.562. The molecule has 0 bridgehead atoms. The fourth-order valence-corrected chi connectivity index (χ4v) is 5.12. The van der Waals surface area contributed by atoms with Crippen molar-refractivity contribution in [3.8, 4) is 16.9 Å². The molecule has 0 amide bonds. The van der Waals surface area contributed by atoms with Crippen LogP contribution in [0.3, 0.4) is 0 Å². The quantitative estimate of drug-likeness (QED) is 0.352. The summed E-state index contributed by atoms with van der Waals surface area (Å²) in [5.41, 5.74) is 2.70. The van der Waals surface area contributed by atoms with Gasteiger partial charge in [0.2, 0.25) is 9.84 Å². The molecule has 7 heteroatoms. The van der Waals surface area contributed by atoms with Gasteiger partial charge in [0, 0.05) is 5.39 Å². The summed E-state index contributed by atoms with van der Waals surface area (Å²) in [4.78, 5) is 13.1. The van der Waals surface area contributed by atoms with Crippen molar-refractivity contribution in [1.82, 2.24) is 9.78 Å². The zero-order valence-electron chi connectivity index (χ0n) is 18.0. The van der Waals surface area contributed by atoms with Gasteiger partial charge in [-0.05, 0) is 50.2 Å². The van der Waals surface area contributed by atoms with Crippen LogP contribution in [0.1, 0.15) is 11.1 Å². The summed E-state index contributed by atoms with van der Waals surface area (Å²) >= 11 is 0. The van der Waals surface area contributed by atoms with E-state index < -0.39 is 15.5 Å². The Balaban J connectivity index is 1.82. The zero-order chi connectivity index (χ0) is 23.2. The molecular formula is C26H20N2O4S. The van der Waals surface area contributed by atoms with Gasteiger partial charge in [-0.3, -0.25) is 0 Å². The predicted molar refractivity (Wildman–Crippen MR) is 126 cm³/mol. The molecule has 33 heavy (non-hydrogen) atoms. The highest BCUT2D eigenvalue weighted by molar-refractivity contribution is 7.91. The summed E-state index contributed by atoms with van der Waals surface area (Å²) in [6, 6.07) is 22.8. The Morgan fingerprint density at radius 1 is 0.848 bits per heavy atom. The van der Waals surface area contributed by atoms with Gasteiger partial charge in [0.15, 0.2) is 0 Å². The van der Waals surface area contributed by atoms with Crippen molar-refractivity contribution in [1.29, 1.82) is 0 Å². The van der Waals surface area contributed by atoms with Gasteiger partial charge in [-0.25, -0.2) is 17.9 Å². The third-order valence-corrected chi connectivity index (χ3v) is 7.30. The van der Waals surface area contributed by atoms with E-state index in [4.69, 9.17) is 4.42 Å². The Labute approximate surface area is 190 Å². The van der Waals surface area contributed by atoms with Crippen LogP contribution in [0.25, 0.3) is 27.9 Å². The van der Waals surface area contributed by atoms with Crippen LogP contribution in [0.4, 0.5) is 0 Å². The van der Waals surface area contributed by atoms with Crippen LogP contribution < -0.4 is 5.63 Å². The van der Waals surface area contributed by atoms with Crippen molar-refractivity contribution < 1.29 is 12.8 Å². The maximum Gasteiger partial charge on any atom is 0.345 e. The number of hydrogen-bond acceptors (Lipinski definition) is 5. The Morgan fingerprint density at radius 3 is 2.18 bits per heavy atom. The number of nitrogens with zero attached hydrogens (tertiary/aromatic N) is 2. The van der Waals surface area contributed by atoms with Crippen LogP contribution in [0.2, 0.25) is 0 Å². The van der Waals surface area contributed by atoms with Gasteiger partial charge in [-0.1, -0.05) is 53.6 Å². The van der Waals surface area contributed by atoms with E-state index >= 15 is 0 Å². The molecule has 0 saturated heterocycles. The molecule has 0 aliphatic heterocycles. The third kappa shape index (κ3) is 3.66. The number of sulfone groups is 1. The Morgan fingerprint density at radius 2 is 1.48 bits per heavy atom. The fraction of sp³-hybridized carbons (Fsp3) is 0.0769. The minimum absolute atomic E-state index is 0.0606. The monoisotopic (exact) mass is 456 g/mol. The molecule has 0 fully saturated rings. The average molecular weight is 457 g/mol. The van der Waals surface area contributed by atoms with Gasteiger partial charge in [0.1, 0.15) is 16.2 Å². The van der Waals surface area contributed by atoms with Crippen LogP contribution in [0.5, 0.6) is 0 Å². The van der Waals surface area contributed by atoms with Gasteiger partial charge in [-0.2, -0.15) is 5.10 Å². The Hall–Kier alpha value is -3.97. The second kappa shape index (κ2) is 7.86. The molecule has 0 atom stereocenters. The smallest absolute Gasteiger partial charge is 0.345 e. The van der Waals surface area contributed by atoms with Gasteiger partial charge in [-0.15, -0.1) is 0 Å².